The van der Waals surface area contributed by atoms with Gasteiger partial charge in [0.25, 0.3) is 5.56 Å². The highest BCUT2D eigenvalue weighted by atomic mass is 19.1. The Balaban J connectivity index is 2.60. The lowest BCUT2D eigenvalue weighted by molar-refractivity contribution is 0.0525. The van der Waals surface area contributed by atoms with Crippen molar-refractivity contribution in [2.24, 2.45) is 0 Å². The third-order valence-electron chi connectivity index (χ3n) is 2.94. The molecule has 0 saturated heterocycles. The molecule has 1 N–H and O–H groups in total. The smallest absolute Gasteiger partial charge is 0.338 e. The molecule has 0 bridgehead atoms. The number of nitrogens with zero attached hydrogens (tertiary/aromatic N) is 1. The van der Waals surface area contributed by atoms with Gasteiger partial charge in [0.2, 0.25) is 0 Å². The lowest BCUT2D eigenvalue weighted by Gasteiger charge is -2.11. The summed E-state index contributed by atoms with van der Waals surface area (Å²) in [7, 11) is 0. The molecule has 0 saturated carbocycles. The third kappa shape index (κ3) is 2.49. The van der Waals surface area contributed by atoms with Crippen LogP contribution in [-0.4, -0.2) is 22.4 Å². The zero-order chi connectivity index (χ0) is 14.9. The Morgan fingerprint density at radius 3 is 2.60 bits per heavy atom. The van der Waals surface area contributed by atoms with Crippen LogP contribution in [0.5, 0.6) is 0 Å². The Morgan fingerprint density at radius 2 is 2.05 bits per heavy atom. The number of H-pyrrole nitrogens is 1. The topological polar surface area (TPSA) is 64.1 Å². The standard InChI is InChI=1S/C14H15FN2O3/c1-4-20-14(19)10-7-12(11(15)5-8(10)2)17-9(3)6-13(18)16-17/h5-7H,4H2,1-3H3,(H,16,18). The summed E-state index contributed by atoms with van der Waals surface area (Å²) in [5, 5.41) is 2.49. The normalized spacial score (nSPS) is 10.6. The molecule has 0 aliphatic heterocycles. The lowest BCUT2D eigenvalue weighted by atomic mass is 10.1. The molecule has 0 spiro atoms. The second-order valence-electron chi connectivity index (χ2n) is 4.44. The number of halogens is 1. The summed E-state index contributed by atoms with van der Waals surface area (Å²) < 4.78 is 20.3. The number of nitrogens with one attached hydrogen (secondary N) is 1. The Kier molecular flexibility index (Phi) is 3.74. The molecule has 1 aromatic carbocycles. The van der Waals surface area contributed by atoms with Crippen LogP contribution in [-0.2, 0) is 4.74 Å². The molecule has 0 amide bonds. The SMILES string of the molecule is CCOC(=O)c1cc(-n2[nH]c(=O)cc2C)c(F)cc1C. The van der Waals surface area contributed by atoms with Crippen LogP contribution in [0.2, 0.25) is 0 Å². The lowest BCUT2D eigenvalue weighted by Crippen LogP contribution is -2.11. The van der Waals surface area contributed by atoms with E-state index < -0.39 is 11.8 Å². The van der Waals surface area contributed by atoms with Crippen molar-refractivity contribution >= 4 is 5.97 Å². The van der Waals surface area contributed by atoms with Crippen LogP contribution in [0.3, 0.4) is 0 Å². The Labute approximate surface area is 115 Å². The molecule has 0 unspecified atom stereocenters. The van der Waals surface area contributed by atoms with Crippen molar-refractivity contribution in [2.75, 3.05) is 6.61 Å². The second kappa shape index (κ2) is 5.32. The van der Waals surface area contributed by atoms with Gasteiger partial charge in [0.05, 0.1) is 17.9 Å². The number of rotatable bonds is 3. The molecule has 1 heterocycles. The maximum absolute atomic E-state index is 14.1. The summed E-state index contributed by atoms with van der Waals surface area (Å²) >= 11 is 0. The van der Waals surface area contributed by atoms with E-state index in [9.17, 15) is 14.0 Å². The molecular formula is C14H15FN2O3. The molecule has 2 rings (SSSR count). The van der Waals surface area contributed by atoms with E-state index in [1.54, 1.807) is 20.8 Å². The first-order valence-electron chi connectivity index (χ1n) is 6.20. The number of aryl methyl sites for hydroxylation is 2. The van der Waals surface area contributed by atoms with E-state index in [0.717, 1.165) is 0 Å². The minimum Gasteiger partial charge on any atom is -0.462 e. The van der Waals surface area contributed by atoms with E-state index in [1.165, 1.54) is 22.9 Å². The van der Waals surface area contributed by atoms with E-state index in [2.05, 4.69) is 5.10 Å². The fourth-order valence-corrected chi connectivity index (χ4v) is 2.00. The molecule has 1 aromatic heterocycles. The molecule has 0 atom stereocenters. The predicted octanol–water partition coefficient (Wildman–Crippen LogP) is 2.10. The fourth-order valence-electron chi connectivity index (χ4n) is 2.00. The maximum Gasteiger partial charge on any atom is 0.338 e. The summed E-state index contributed by atoms with van der Waals surface area (Å²) in [6.45, 7) is 5.24. The summed E-state index contributed by atoms with van der Waals surface area (Å²) in [5.74, 6) is -1.04. The number of benzene rings is 1. The molecule has 6 heteroatoms. The third-order valence-corrected chi connectivity index (χ3v) is 2.94. The molecule has 0 aliphatic rings. The highest BCUT2D eigenvalue weighted by Gasteiger charge is 2.16. The van der Waals surface area contributed by atoms with Crippen molar-refractivity contribution in [3.8, 4) is 5.69 Å². The van der Waals surface area contributed by atoms with Crippen LogP contribution < -0.4 is 5.56 Å². The molecule has 0 fully saturated rings. The zero-order valence-corrected chi connectivity index (χ0v) is 11.5. The predicted molar refractivity (Wildman–Crippen MR) is 71.8 cm³/mol. The van der Waals surface area contributed by atoms with Gasteiger partial charge in [-0.1, -0.05) is 0 Å². The van der Waals surface area contributed by atoms with Gasteiger partial charge in [-0.3, -0.25) is 14.6 Å². The van der Waals surface area contributed by atoms with Crippen LogP contribution >= 0.6 is 0 Å². The van der Waals surface area contributed by atoms with Crippen LogP contribution in [0.1, 0.15) is 28.5 Å². The largest absolute Gasteiger partial charge is 0.462 e. The fraction of sp³-hybridized carbons (Fsp3) is 0.286. The maximum atomic E-state index is 14.1. The van der Waals surface area contributed by atoms with Crippen LogP contribution in [0.25, 0.3) is 5.69 Å². The van der Waals surface area contributed by atoms with Crippen LogP contribution in [0.15, 0.2) is 23.0 Å². The number of aromatic amines is 1. The van der Waals surface area contributed by atoms with Gasteiger partial charge in [-0.05, 0) is 38.5 Å². The van der Waals surface area contributed by atoms with Crippen LogP contribution in [0, 0.1) is 19.7 Å². The first kappa shape index (κ1) is 14.0. The number of carbonyl (C=O) groups is 1. The van der Waals surface area contributed by atoms with Gasteiger partial charge in [0.15, 0.2) is 0 Å². The van der Waals surface area contributed by atoms with Gasteiger partial charge < -0.3 is 4.74 Å². The van der Waals surface area contributed by atoms with Gasteiger partial charge >= 0.3 is 5.97 Å². The summed E-state index contributed by atoms with van der Waals surface area (Å²) in [6.07, 6.45) is 0. The van der Waals surface area contributed by atoms with Gasteiger partial charge in [-0.25, -0.2) is 9.18 Å². The number of aromatic nitrogens is 2. The summed E-state index contributed by atoms with van der Waals surface area (Å²) in [6, 6.07) is 3.98. The highest BCUT2D eigenvalue weighted by molar-refractivity contribution is 5.91. The quantitative estimate of drug-likeness (QED) is 0.874. The van der Waals surface area contributed by atoms with Crippen molar-refractivity contribution in [3.05, 3.63) is 51.2 Å². The van der Waals surface area contributed by atoms with Crippen molar-refractivity contribution in [1.29, 1.82) is 0 Å². The molecule has 2 aromatic rings. The Bertz CT molecular complexity index is 716. The molecule has 20 heavy (non-hydrogen) atoms. The monoisotopic (exact) mass is 278 g/mol. The Hall–Kier alpha value is -2.37. The number of hydrogen-bond acceptors (Lipinski definition) is 3. The van der Waals surface area contributed by atoms with Gasteiger partial charge in [-0.2, -0.15) is 0 Å². The van der Waals surface area contributed by atoms with Crippen molar-refractivity contribution in [3.63, 3.8) is 0 Å². The van der Waals surface area contributed by atoms with Crippen molar-refractivity contribution < 1.29 is 13.9 Å². The van der Waals surface area contributed by atoms with Gasteiger partial charge in [0, 0.05) is 11.8 Å². The minimum absolute atomic E-state index is 0.109. The van der Waals surface area contributed by atoms with Crippen molar-refractivity contribution in [2.45, 2.75) is 20.8 Å². The minimum atomic E-state index is -0.523. The molecule has 0 aliphatic carbocycles. The van der Waals surface area contributed by atoms with Crippen LogP contribution in [0.4, 0.5) is 4.39 Å². The average molecular weight is 278 g/mol. The van der Waals surface area contributed by atoms with Gasteiger partial charge in [0.1, 0.15) is 5.82 Å². The van der Waals surface area contributed by atoms with Crippen molar-refractivity contribution in [1.82, 2.24) is 9.78 Å². The second-order valence-corrected chi connectivity index (χ2v) is 4.44. The van der Waals surface area contributed by atoms with E-state index >= 15 is 0 Å². The number of ether oxygens (including phenoxy) is 1. The Morgan fingerprint density at radius 1 is 1.35 bits per heavy atom. The molecule has 5 nitrogen and oxygen atoms in total. The summed E-state index contributed by atoms with van der Waals surface area (Å²) in [5.41, 5.74) is 1.08. The van der Waals surface area contributed by atoms with E-state index in [0.29, 0.717) is 11.3 Å². The molecular weight excluding hydrogens is 263 g/mol. The van der Waals surface area contributed by atoms with E-state index in [1.807, 2.05) is 0 Å². The highest BCUT2D eigenvalue weighted by Crippen LogP contribution is 2.20. The van der Waals surface area contributed by atoms with E-state index in [-0.39, 0.29) is 23.4 Å². The number of esters is 1. The average Bonchev–Trinajstić information content (AvgIpc) is 2.68. The van der Waals surface area contributed by atoms with Gasteiger partial charge in [-0.15, -0.1) is 0 Å². The number of hydrogen-bond donors (Lipinski definition) is 1. The first-order chi connectivity index (χ1) is 9.43. The first-order valence-corrected chi connectivity index (χ1v) is 6.20. The number of carbonyl (C=O) groups excluding carboxylic acids is 1. The molecule has 0 radical (unpaired) electrons. The van der Waals surface area contributed by atoms with E-state index in [4.69, 9.17) is 4.74 Å². The summed E-state index contributed by atoms with van der Waals surface area (Å²) in [4.78, 5) is 23.1. The molecule has 106 valence electrons. The zero-order valence-electron chi connectivity index (χ0n) is 11.5.